The molecule has 1 aromatic heterocycles. The summed E-state index contributed by atoms with van der Waals surface area (Å²) in [6, 6.07) is 6.26. The van der Waals surface area contributed by atoms with Crippen molar-refractivity contribution in [2.24, 2.45) is 7.05 Å². The van der Waals surface area contributed by atoms with E-state index in [1.807, 2.05) is 13.2 Å². The molecule has 0 spiro atoms. The van der Waals surface area contributed by atoms with Gasteiger partial charge in [-0.05, 0) is 17.7 Å². The summed E-state index contributed by atoms with van der Waals surface area (Å²) < 4.78 is 1.68. The number of aromatic nitrogens is 2. The SMILES string of the molecule is CN(Cc1cnn(C)c1)C(=O)NCc1cccc(C(=O)O)c1. The van der Waals surface area contributed by atoms with Crippen LogP contribution in [0.5, 0.6) is 0 Å². The fraction of sp³-hybridized carbons (Fsp3) is 0.267. The predicted molar refractivity (Wildman–Crippen MR) is 80.3 cm³/mol. The zero-order chi connectivity index (χ0) is 16.1. The molecular formula is C15H18N4O3. The van der Waals surface area contributed by atoms with Gasteiger partial charge < -0.3 is 15.3 Å². The Bertz CT molecular complexity index is 681. The smallest absolute Gasteiger partial charge is 0.335 e. The number of carboxylic acid groups (broad SMARTS) is 1. The molecule has 2 aromatic rings. The van der Waals surface area contributed by atoms with Crippen molar-refractivity contribution in [3.05, 3.63) is 53.3 Å². The van der Waals surface area contributed by atoms with E-state index in [1.54, 1.807) is 36.1 Å². The van der Waals surface area contributed by atoms with Crippen molar-refractivity contribution < 1.29 is 14.7 Å². The van der Waals surface area contributed by atoms with Crippen LogP contribution in [0.4, 0.5) is 4.79 Å². The summed E-state index contributed by atoms with van der Waals surface area (Å²) in [5.41, 5.74) is 1.88. The highest BCUT2D eigenvalue weighted by Crippen LogP contribution is 2.06. The van der Waals surface area contributed by atoms with Crippen molar-refractivity contribution in [2.75, 3.05) is 7.05 Å². The van der Waals surface area contributed by atoms with E-state index in [0.717, 1.165) is 11.1 Å². The molecule has 2 N–H and O–H groups in total. The Balaban J connectivity index is 1.89. The van der Waals surface area contributed by atoms with Crippen LogP contribution in [0.25, 0.3) is 0 Å². The lowest BCUT2D eigenvalue weighted by molar-refractivity contribution is 0.0696. The minimum absolute atomic E-state index is 0.204. The second-order valence-corrected chi connectivity index (χ2v) is 5.04. The van der Waals surface area contributed by atoms with E-state index in [0.29, 0.717) is 6.54 Å². The van der Waals surface area contributed by atoms with Crippen LogP contribution < -0.4 is 5.32 Å². The molecule has 2 amide bonds. The maximum atomic E-state index is 12.0. The van der Waals surface area contributed by atoms with E-state index in [2.05, 4.69) is 10.4 Å². The highest BCUT2D eigenvalue weighted by atomic mass is 16.4. The normalized spacial score (nSPS) is 10.3. The van der Waals surface area contributed by atoms with Crippen molar-refractivity contribution in [1.29, 1.82) is 0 Å². The molecule has 0 atom stereocenters. The quantitative estimate of drug-likeness (QED) is 0.875. The summed E-state index contributed by atoms with van der Waals surface area (Å²) in [5, 5.41) is 15.7. The Hall–Kier alpha value is -2.83. The molecule has 7 nitrogen and oxygen atoms in total. The maximum absolute atomic E-state index is 12.0. The van der Waals surface area contributed by atoms with Gasteiger partial charge in [0.1, 0.15) is 0 Å². The zero-order valence-corrected chi connectivity index (χ0v) is 12.5. The van der Waals surface area contributed by atoms with Crippen LogP contribution in [0.1, 0.15) is 21.5 Å². The number of urea groups is 1. The summed E-state index contributed by atoms with van der Waals surface area (Å²) in [7, 11) is 3.51. The number of nitrogens with zero attached hydrogens (tertiary/aromatic N) is 3. The monoisotopic (exact) mass is 302 g/mol. The molecule has 7 heteroatoms. The lowest BCUT2D eigenvalue weighted by Gasteiger charge is -2.17. The van der Waals surface area contributed by atoms with E-state index in [1.165, 1.54) is 11.0 Å². The minimum Gasteiger partial charge on any atom is -0.478 e. The number of aromatic carboxylic acids is 1. The average Bonchev–Trinajstić information content (AvgIpc) is 2.90. The largest absolute Gasteiger partial charge is 0.478 e. The highest BCUT2D eigenvalue weighted by molar-refractivity contribution is 5.87. The molecule has 0 aliphatic heterocycles. The first-order chi connectivity index (χ1) is 10.5. The summed E-state index contributed by atoms with van der Waals surface area (Å²) in [6.07, 6.45) is 3.56. The van der Waals surface area contributed by atoms with Crippen LogP contribution in [-0.2, 0) is 20.1 Å². The Morgan fingerprint density at radius 3 is 2.77 bits per heavy atom. The number of carboxylic acids is 1. The number of nitrogens with one attached hydrogen (secondary N) is 1. The molecule has 0 aliphatic carbocycles. The number of carbonyl (C=O) groups is 2. The lowest BCUT2D eigenvalue weighted by atomic mass is 10.1. The van der Waals surface area contributed by atoms with Crippen molar-refractivity contribution in [2.45, 2.75) is 13.1 Å². The Labute approximate surface area is 128 Å². The second kappa shape index (κ2) is 6.75. The van der Waals surface area contributed by atoms with E-state index in [-0.39, 0.29) is 18.1 Å². The zero-order valence-electron chi connectivity index (χ0n) is 12.5. The first kappa shape index (κ1) is 15.6. The van der Waals surface area contributed by atoms with E-state index in [9.17, 15) is 9.59 Å². The molecule has 116 valence electrons. The summed E-state index contributed by atoms with van der Waals surface area (Å²) in [6.45, 7) is 0.728. The first-order valence-electron chi connectivity index (χ1n) is 6.74. The van der Waals surface area contributed by atoms with Gasteiger partial charge in [-0.3, -0.25) is 4.68 Å². The Morgan fingerprint density at radius 1 is 1.36 bits per heavy atom. The van der Waals surface area contributed by atoms with Crippen molar-refractivity contribution in [3.8, 4) is 0 Å². The summed E-state index contributed by atoms with van der Waals surface area (Å²) in [5.74, 6) is -0.984. The molecular weight excluding hydrogens is 284 g/mol. The molecule has 0 saturated carbocycles. The van der Waals surface area contributed by atoms with Crippen LogP contribution in [0.3, 0.4) is 0 Å². The van der Waals surface area contributed by atoms with Crippen LogP contribution in [-0.4, -0.2) is 38.8 Å². The van der Waals surface area contributed by atoms with Crippen molar-refractivity contribution in [1.82, 2.24) is 20.0 Å². The number of amides is 2. The molecule has 0 radical (unpaired) electrons. The Morgan fingerprint density at radius 2 is 2.14 bits per heavy atom. The average molecular weight is 302 g/mol. The van der Waals surface area contributed by atoms with Gasteiger partial charge in [0.2, 0.25) is 0 Å². The third-order valence-electron chi connectivity index (χ3n) is 3.14. The fourth-order valence-electron chi connectivity index (χ4n) is 2.03. The third-order valence-corrected chi connectivity index (χ3v) is 3.14. The molecule has 2 rings (SSSR count). The number of hydrogen-bond donors (Lipinski definition) is 2. The number of hydrogen-bond acceptors (Lipinski definition) is 3. The van der Waals surface area contributed by atoms with Gasteiger partial charge in [-0.2, -0.15) is 5.10 Å². The number of carbonyl (C=O) groups excluding carboxylic acids is 1. The molecule has 0 aliphatic rings. The van der Waals surface area contributed by atoms with Gasteiger partial charge in [0, 0.05) is 32.4 Å². The highest BCUT2D eigenvalue weighted by Gasteiger charge is 2.10. The van der Waals surface area contributed by atoms with Crippen LogP contribution in [0, 0.1) is 0 Å². The van der Waals surface area contributed by atoms with Gasteiger partial charge in [-0.25, -0.2) is 9.59 Å². The van der Waals surface area contributed by atoms with Crippen LogP contribution >= 0.6 is 0 Å². The number of aryl methyl sites for hydroxylation is 1. The van der Waals surface area contributed by atoms with E-state index >= 15 is 0 Å². The molecule has 0 unspecified atom stereocenters. The summed E-state index contributed by atoms with van der Waals surface area (Å²) in [4.78, 5) is 24.5. The topological polar surface area (TPSA) is 87.5 Å². The lowest BCUT2D eigenvalue weighted by Crippen LogP contribution is -2.36. The van der Waals surface area contributed by atoms with Gasteiger partial charge in [0.05, 0.1) is 18.3 Å². The van der Waals surface area contributed by atoms with Gasteiger partial charge in [0.15, 0.2) is 0 Å². The van der Waals surface area contributed by atoms with Crippen molar-refractivity contribution >= 4 is 12.0 Å². The van der Waals surface area contributed by atoms with E-state index < -0.39 is 5.97 Å². The standard InChI is InChI=1S/C15H18N4O3/c1-18(9-12-8-17-19(2)10-12)15(22)16-7-11-4-3-5-13(6-11)14(20)21/h3-6,8,10H,7,9H2,1-2H3,(H,16,22)(H,20,21). The summed E-state index contributed by atoms with van der Waals surface area (Å²) >= 11 is 0. The number of rotatable bonds is 5. The minimum atomic E-state index is -0.984. The van der Waals surface area contributed by atoms with Gasteiger partial charge in [-0.1, -0.05) is 12.1 Å². The van der Waals surface area contributed by atoms with Gasteiger partial charge >= 0.3 is 12.0 Å². The molecule has 0 bridgehead atoms. The van der Waals surface area contributed by atoms with Gasteiger partial charge in [0.25, 0.3) is 0 Å². The third kappa shape index (κ3) is 4.08. The molecule has 0 fully saturated rings. The molecule has 1 heterocycles. The maximum Gasteiger partial charge on any atom is 0.335 e. The fourth-order valence-corrected chi connectivity index (χ4v) is 2.03. The van der Waals surface area contributed by atoms with Crippen LogP contribution in [0.15, 0.2) is 36.7 Å². The van der Waals surface area contributed by atoms with E-state index in [4.69, 9.17) is 5.11 Å². The molecule has 0 saturated heterocycles. The molecule has 22 heavy (non-hydrogen) atoms. The Kier molecular flexibility index (Phi) is 4.77. The second-order valence-electron chi connectivity index (χ2n) is 5.04. The van der Waals surface area contributed by atoms with Gasteiger partial charge in [-0.15, -0.1) is 0 Å². The number of benzene rings is 1. The first-order valence-corrected chi connectivity index (χ1v) is 6.74. The molecule has 1 aromatic carbocycles. The van der Waals surface area contributed by atoms with Crippen molar-refractivity contribution in [3.63, 3.8) is 0 Å². The predicted octanol–water partition coefficient (Wildman–Crippen LogP) is 1.46. The van der Waals surface area contributed by atoms with Crippen LogP contribution in [0.2, 0.25) is 0 Å².